The SMILES string of the molecule is CC(C)CCOc1cccc(NCC(=O)Nc2cccc(Br)c2)c1. The Morgan fingerprint density at radius 2 is 1.88 bits per heavy atom. The average Bonchev–Trinajstić information content (AvgIpc) is 2.53. The molecule has 0 saturated heterocycles. The molecule has 0 heterocycles. The van der Waals surface area contributed by atoms with Crippen LogP contribution in [0.1, 0.15) is 20.3 Å². The number of amides is 1. The van der Waals surface area contributed by atoms with Crippen molar-refractivity contribution in [2.24, 2.45) is 5.92 Å². The fourth-order valence-corrected chi connectivity index (χ4v) is 2.46. The van der Waals surface area contributed by atoms with Gasteiger partial charge in [0.1, 0.15) is 5.75 Å². The van der Waals surface area contributed by atoms with Gasteiger partial charge in [-0.25, -0.2) is 0 Å². The number of carbonyl (C=O) groups excluding carboxylic acids is 1. The number of hydrogen-bond acceptors (Lipinski definition) is 3. The van der Waals surface area contributed by atoms with Crippen molar-refractivity contribution in [2.75, 3.05) is 23.8 Å². The minimum absolute atomic E-state index is 0.0979. The first-order valence-electron chi connectivity index (χ1n) is 8.05. The fourth-order valence-electron chi connectivity index (χ4n) is 2.06. The van der Waals surface area contributed by atoms with Gasteiger partial charge in [-0.2, -0.15) is 0 Å². The maximum atomic E-state index is 12.0. The van der Waals surface area contributed by atoms with Crippen molar-refractivity contribution in [3.63, 3.8) is 0 Å². The van der Waals surface area contributed by atoms with Crippen LogP contribution in [0.2, 0.25) is 0 Å². The normalized spacial score (nSPS) is 10.5. The summed E-state index contributed by atoms with van der Waals surface area (Å²) in [5.41, 5.74) is 1.63. The van der Waals surface area contributed by atoms with Crippen LogP contribution in [0.15, 0.2) is 53.0 Å². The molecule has 2 rings (SSSR count). The second-order valence-electron chi connectivity index (χ2n) is 5.97. The molecule has 0 radical (unpaired) electrons. The quantitative estimate of drug-likeness (QED) is 0.671. The average molecular weight is 391 g/mol. The number of ether oxygens (including phenoxy) is 1. The van der Waals surface area contributed by atoms with E-state index in [1.165, 1.54) is 0 Å². The van der Waals surface area contributed by atoms with Gasteiger partial charge in [-0.3, -0.25) is 4.79 Å². The number of nitrogens with one attached hydrogen (secondary N) is 2. The van der Waals surface area contributed by atoms with E-state index in [-0.39, 0.29) is 12.5 Å². The first-order chi connectivity index (χ1) is 11.5. The molecular weight excluding hydrogens is 368 g/mol. The van der Waals surface area contributed by atoms with E-state index in [4.69, 9.17) is 4.74 Å². The number of benzene rings is 2. The first kappa shape index (κ1) is 18.3. The van der Waals surface area contributed by atoms with Crippen LogP contribution in [-0.4, -0.2) is 19.1 Å². The van der Waals surface area contributed by atoms with E-state index in [1.54, 1.807) is 0 Å². The summed E-state index contributed by atoms with van der Waals surface area (Å²) in [7, 11) is 0. The summed E-state index contributed by atoms with van der Waals surface area (Å²) in [5.74, 6) is 1.33. The Hall–Kier alpha value is -2.01. The lowest BCUT2D eigenvalue weighted by Gasteiger charge is -2.11. The van der Waals surface area contributed by atoms with Crippen LogP contribution in [0.3, 0.4) is 0 Å². The number of anilines is 2. The number of rotatable bonds is 8. The molecule has 2 N–H and O–H groups in total. The molecular formula is C19H23BrN2O2. The zero-order valence-corrected chi connectivity index (χ0v) is 15.6. The van der Waals surface area contributed by atoms with Gasteiger partial charge < -0.3 is 15.4 Å². The minimum Gasteiger partial charge on any atom is -0.494 e. The maximum Gasteiger partial charge on any atom is 0.243 e. The Morgan fingerprint density at radius 1 is 1.12 bits per heavy atom. The molecule has 0 atom stereocenters. The third-order valence-electron chi connectivity index (χ3n) is 3.36. The molecule has 1 amide bonds. The summed E-state index contributed by atoms with van der Waals surface area (Å²) in [6, 6.07) is 15.2. The second kappa shape index (κ2) is 9.33. The lowest BCUT2D eigenvalue weighted by atomic mass is 10.1. The van der Waals surface area contributed by atoms with E-state index >= 15 is 0 Å². The van der Waals surface area contributed by atoms with Crippen LogP contribution in [0.5, 0.6) is 5.75 Å². The van der Waals surface area contributed by atoms with Gasteiger partial charge in [0.05, 0.1) is 13.2 Å². The molecule has 0 saturated carbocycles. The van der Waals surface area contributed by atoms with Crippen molar-refractivity contribution in [3.8, 4) is 5.75 Å². The van der Waals surface area contributed by atoms with Gasteiger partial charge in [0.25, 0.3) is 0 Å². The van der Waals surface area contributed by atoms with Crippen molar-refractivity contribution in [3.05, 3.63) is 53.0 Å². The van der Waals surface area contributed by atoms with Gasteiger partial charge in [-0.1, -0.05) is 41.9 Å². The predicted octanol–water partition coefficient (Wildman–Crippen LogP) is 4.92. The first-order valence-corrected chi connectivity index (χ1v) is 8.84. The Labute approximate surface area is 151 Å². The van der Waals surface area contributed by atoms with Gasteiger partial charge in [0.2, 0.25) is 5.91 Å². The van der Waals surface area contributed by atoms with Crippen molar-refractivity contribution < 1.29 is 9.53 Å². The predicted molar refractivity (Wildman–Crippen MR) is 103 cm³/mol. The molecule has 5 heteroatoms. The molecule has 24 heavy (non-hydrogen) atoms. The Kier molecular flexibility index (Phi) is 7.12. The molecule has 0 aliphatic heterocycles. The number of halogens is 1. The third kappa shape index (κ3) is 6.62. The molecule has 2 aromatic carbocycles. The zero-order chi connectivity index (χ0) is 17.4. The lowest BCUT2D eigenvalue weighted by Crippen LogP contribution is -2.21. The van der Waals surface area contributed by atoms with Crippen molar-refractivity contribution in [1.29, 1.82) is 0 Å². The number of carbonyl (C=O) groups is 1. The Morgan fingerprint density at radius 3 is 2.62 bits per heavy atom. The van der Waals surface area contributed by atoms with E-state index in [0.717, 1.165) is 28.0 Å². The van der Waals surface area contributed by atoms with Crippen LogP contribution in [0.4, 0.5) is 11.4 Å². The van der Waals surface area contributed by atoms with Crippen molar-refractivity contribution >= 4 is 33.2 Å². The van der Waals surface area contributed by atoms with Crippen LogP contribution >= 0.6 is 15.9 Å². The highest BCUT2D eigenvalue weighted by Gasteiger charge is 2.04. The van der Waals surface area contributed by atoms with E-state index in [0.29, 0.717) is 12.5 Å². The molecule has 0 aliphatic carbocycles. The maximum absolute atomic E-state index is 12.0. The Balaban J connectivity index is 1.81. The summed E-state index contributed by atoms with van der Waals surface area (Å²) in [6.07, 6.45) is 1.02. The highest BCUT2D eigenvalue weighted by atomic mass is 79.9. The van der Waals surface area contributed by atoms with Crippen LogP contribution < -0.4 is 15.4 Å². The summed E-state index contributed by atoms with van der Waals surface area (Å²) in [6.45, 7) is 5.24. The fraction of sp³-hybridized carbons (Fsp3) is 0.316. The van der Waals surface area contributed by atoms with Gasteiger partial charge in [-0.05, 0) is 42.7 Å². The second-order valence-corrected chi connectivity index (χ2v) is 6.89. The molecule has 128 valence electrons. The molecule has 0 bridgehead atoms. The molecule has 2 aromatic rings. The molecule has 0 aromatic heterocycles. The van der Waals surface area contributed by atoms with Gasteiger partial charge in [0.15, 0.2) is 0 Å². The largest absolute Gasteiger partial charge is 0.494 e. The highest BCUT2D eigenvalue weighted by Crippen LogP contribution is 2.18. The summed E-state index contributed by atoms with van der Waals surface area (Å²) in [5, 5.41) is 5.97. The standard InChI is InChI=1S/C19H23BrN2O2/c1-14(2)9-10-24-18-8-4-6-16(12-18)21-13-19(23)22-17-7-3-5-15(20)11-17/h3-8,11-12,14,21H,9-10,13H2,1-2H3,(H,22,23). The molecule has 0 aliphatic rings. The van der Waals surface area contributed by atoms with Crippen molar-refractivity contribution in [1.82, 2.24) is 0 Å². The molecule has 0 unspecified atom stereocenters. The van der Waals surface area contributed by atoms with Crippen LogP contribution in [-0.2, 0) is 4.79 Å². The molecule has 0 spiro atoms. The topological polar surface area (TPSA) is 50.4 Å². The summed E-state index contributed by atoms with van der Waals surface area (Å²) >= 11 is 3.38. The highest BCUT2D eigenvalue weighted by molar-refractivity contribution is 9.10. The van der Waals surface area contributed by atoms with E-state index in [1.807, 2.05) is 48.5 Å². The van der Waals surface area contributed by atoms with Crippen LogP contribution in [0.25, 0.3) is 0 Å². The van der Waals surface area contributed by atoms with E-state index in [9.17, 15) is 4.79 Å². The van der Waals surface area contributed by atoms with E-state index in [2.05, 4.69) is 40.4 Å². The lowest BCUT2D eigenvalue weighted by molar-refractivity contribution is -0.114. The molecule has 4 nitrogen and oxygen atoms in total. The third-order valence-corrected chi connectivity index (χ3v) is 3.85. The Bertz CT molecular complexity index is 674. The monoisotopic (exact) mass is 390 g/mol. The smallest absolute Gasteiger partial charge is 0.243 e. The van der Waals surface area contributed by atoms with Gasteiger partial charge >= 0.3 is 0 Å². The number of hydrogen-bond donors (Lipinski definition) is 2. The zero-order valence-electron chi connectivity index (χ0n) is 14.0. The molecule has 0 fully saturated rings. The van der Waals surface area contributed by atoms with Gasteiger partial charge in [-0.15, -0.1) is 0 Å². The van der Waals surface area contributed by atoms with Gasteiger partial charge in [0, 0.05) is 21.9 Å². The summed E-state index contributed by atoms with van der Waals surface area (Å²) in [4.78, 5) is 12.0. The van der Waals surface area contributed by atoms with Crippen LogP contribution in [0, 0.1) is 5.92 Å². The van der Waals surface area contributed by atoms with E-state index < -0.39 is 0 Å². The minimum atomic E-state index is -0.0979. The van der Waals surface area contributed by atoms with Crippen molar-refractivity contribution in [2.45, 2.75) is 20.3 Å². The summed E-state index contributed by atoms with van der Waals surface area (Å²) < 4.78 is 6.66.